The van der Waals surface area contributed by atoms with Gasteiger partial charge in [-0.05, 0) is 30.3 Å². The van der Waals surface area contributed by atoms with E-state index in [1.807, 2.05) is 26.2 Å². The van der Waals surface area contributed by atoms with Crippen LogP contribution in [0.2, 0.25) is 0 Å². The maximum absolute atomic E-state index is 11.9. The largest absolute Gasteiger partial charge is 0.744 e. The van der Waals surface area contributed by atoms with Crippen LogP contribution in [-0.4, -0.2) is 74.7 Å². The third-order valence-electron chi connectivity index (χ3n) is 5.20. The van der Waals surface area contributed by atoms with Gasteiger partial charge in [-0.15, -0.1) is 0 Å². The van der Waals surface area contributed by atoms with Crippen LogP contribution in [0.4, 0.5) is 5.69 Å². The van der Waals surface area contributed by atoms with Gasteiger partial charge in [-0.2, -0.15) is 0 Å². The molecule has 3 aromatic rings. The number of quaternary nitrogens is 1. The fourth-order valence-electron chi connectivity index (χ4n) is 2.95. The molecule has 0 unspecified atom stereocenters. The van der Waals surface area contributed by atoms with E-state index in [1.165, 1.54) is 0 Å². The maximum Gasteiger partial charge on any atom is 0.338 e. The van der Waals surface area contributed by atoms with Crippen LogP contribution in [0.1, 0.15) is 20.7 Å². The quantitative estimate of drug-likeness (QED) is 0.123. The SMILES string of the molecule is C[N+](C)(CCOC(=O)c1ccccc1)CCOC(=O)c1ccccc1.O=[N+]([O-])c1cccc(S(=O)(=O)[O-])c1. The van der Waals surface area contributed by atoms with Crippen LogP contribution >= 0.6 is 0 Å². The highest BCUT2D eigenvalue weighted by Gasteiger charge is 2.18. The van der Waals surface area contributed by atoms with Gasteiger partial charge in [0.1, 0.15) is 36.4 Å². The van der Waals surface area contributed by atoms with E-state index in [1.54, 1.807) is 48.5 Å². The van der Waals surface area contributed by atoms with E-state index in [-0.39, 0.29) is 11.9 Å². The molecular weight excluding hydrogens is 516 g/mol. The fraction of sp³-hybridized carbons (Fsp3) is 0.231. The van der Waals surface area contributed by atoms with E-state index >= 15 is 0 Å². The summed E-state index contributed by atoms with van der Waals surface area (Å²) in [5.41, 5.74) is 0.672. The van der Waals surface area contributed by atoms with Crippen molar-refractivity contribution in [2.75, 3.05) is 40.4 Å². The van der Waals surface area contributed by atoms with Crippen molar-refractivity contribution in [2.45, 2.75) is 4.90 Å². The number of nitrogens with zero attached hydrogens (tertiary/aromatic N) is 2. The van der Waals surface area contributed by atoms with Gasteiger partial charge in [-0.25, -0.2) is 18.0 Å². The summed E-state index contributed by atoms with van der Waals surface area (Å²) in [6, 6.07) is 21.8. The van der Waals surface area contributed by atoms with Gasteiger partial charge in [0.25, 0.3) is 5.69 Å². The van der Waals surface area contributed by atoms with Crippen LogP contribution in [0, 0.1) is 10.1 Å². The van der Waals surface area contributed by atoms with E-state index < -0.39 is 25.6 Å². The number of benzene rings is 3. The predicted molar refractivity (Wildman–Crippen MR) is 136 cm³/mol. The molecule has 0 radical (unpaired) electrons. The molecule has 3 rings (SSSR count). The van der Waals surface area contributed by atoms with E-state index in [0.29, 0.717) is 41.9 Å². The lowest BCUT2D eigenvalue weighted by molar-refractivity contribution is -0.890. The van der Waals surface area contributed by atoms with Crippen LogP contribution in [-0.2, 0) is 19.6 Å². The van der Waals surface area contributed by atoms with Gasteiger partial charge in [0.15, 0.2) is 0 Å². The molecule has 202 valence electrons. The average molecular weight is 545 g/mol. The Morgan fingerprint density at radius 2 is 1.24 bits per heavy atom. The second-order valence-corrected chi connectivity index (χ2v) is 9.98. The monoisotopic (exact) mass is 544 g/mol. The molecule has 0 aliphatic carbocycles. The number of hydrogen-bond acceptors (Lipinski definition) is 9. The first kappa shape index (κ1) is 30.1. The summed E-state index contributed by atoms with van der Waals surface area (Å²) in [7, 11) is -0.600. The third kappa shape index (κ3) is 10.5. The molecule has 0 N–H and O–H groups in total. The van der Waals surface area contributed by atoms with Crippen LogP contribution < -0.4 is 0 Å². The fourth-order valence-corrected chi connectivity index (χ4v) is 3.46. The van der Waals surface area contributed by atoms with Crippen LogP contribution in [0.25, 0.3) is 0 Å². The first-order valence-corrected chi connectivity index (χ1v) is 12.8. The number of likely N-dealkylation sites (N-methyl/N-ethyl adjacent to an activating group) is 1. The molecule has 0 atom stereocenters. The van der Waals surface area contributed by atoms with Crippen molar-refractivity contribution in [1.29, 1.82) is 0 Å². The molecule has 0 heterocycles. The van der Waals surface area contributed by atoms with Crippen molar-refractivity contribution in [2.24, 2.45) is 0 Å². The van der Waals surface area contributed by atoms with Crippen molar-refractivity contribution in [3.63, 3.8) is 0 Å². The van der Waals surface area contributed by atoms with Crippen LogP contribution in [0.15, 0.2) is 89.8 Å². The number of carbonyl (C=O) groups is 2. The van der Waals surface area contributed by atoms with Crippen molar-refractivity contribution >= 4 is 27.7 Å². The zero-order chi connectivity index (χ0) is 28.2. The predicted octanol–water partition coefficient (Wildman–Crippen LogP) is 3.28. The molecule has 0 aliphatic rings. The molecule has 0 fully saturated rings. The number of esters is 2. The van der Waals surface area contributed by atoms with Gasteiger partial charge in [0, 0.05) is 12.1 Å². The second-order valence-electron chi connectivity index (χ2n) is 8.60. The Kier molecular flexibility index (Phi) is 11.1. The molecule has 0 amide bonds. The topological polar surface area (TPSA) is 153 Å². The minimum absolute atomic E-state index is 0.313. The van der Waals surface area contributed by atoms with Crippen molar-refractivity contribution < 1.29 is 41.4 Å². The van der Waals surface area contributed by atoms with Gasteiger partial charge >= 0.3 is 11.9 Å². The summed E-state index contributed by atoms with van der Waals surface area (Å²) < 4.78 is 42.5. The first-order chi connectivity index (χ1) is 17.9. The lowest BCUT2D eigenvalue weighted by Crippen LogP contribution is -2.45. The molecule has 12 heteroatoms. The van der Waals surface area contributed by atoms with Crippen molar-refractivity contribution in [3.05, 3.63) is 106 Å². The Balaban J connectivity index is 0.000000328. The van der Waals surface area contributed by atoms with Crippen molar-refractivity contribution in [3.8, 4) is 0 Å². The minimum atomic E-state index is -4.61. The van der Waals surface area contributed by atoms with Gasteiger partial charge in [0.2, 0.25) is 0 Å². The molecule has 11 nitrogen and oxygen atoms in total. The summed E-state index contributed by atoms with van der Waals surface area (Å²) in [6.07, 6.45) is 0. The highest BCUT2D eigenvalue weighted by atomic mass is 32.2. The minimum Gasteiger partial charge on any atom is -0.744 e. The van der Waals surface area contributed by atoms with E-state index in [9.17, 15) is 32.7 Å². The molecule has 3 aromatic carbocycles. The van der Waals surface area contributed by atoms with Gasteiger partial charge < -0.3 is 18.5 Å². The molecule has 0 spiro atoms. The molecule has 38 heavy (non-hydrogen) atoms. The number of nitro benzene ring substituents is 1. The average Bonchev–Trinajstić information content (AvgIpc) is 2.89. The van der Waals surface area contributed by atoms with Gasteiger partial charge in [-0.3, -0.25) is 10.1 Å². The third-order valence-corrected chi connectivity index (χ3v) is 6.03. The normalized spacial score (nSPS) is 11.0. The zero-order valence-corrected chi connectivity index (χ0v) is 21.7. The summed E-state index contributed by atoms with van der Waals surface area (Å²) >= 11 is 0. The lowest BCUT2D eigenvalue weighted by Gasteiger charge is -2.29. The zero-order valence-electron chi connectivity index (χ0n) is 20.9. The van der Waals surface area contributed by atoms with E-state index in [2.05, 4.69) is 0 Å². The van der Waals surface area contributed by atoms with Crippen molar-refractivity contribution in [1.82, 2.24) is 0 Å². The Labute approximate surface area is 220 Å². The summed E-state index contributed by atoms with van der Waals surface area (Å²) in [4.78, 5) is 32.6. The van der Waals surface area contributed by atoms with Gasteiger partial charge in [-0.1, -0.05) is 42.5 Å². The highest BCUT2D eigenvalue weighted by Crippen LogP contribution is 2.16. The summed E-state index contributed by atoms with van der Waals surface area (Å²) in [5.74, 6) is -0.646. The number of non-ortho nitro benzene ring substituents is 1. The summed E-state index contributed by atoms with van der Waals surface area (Å²) in [5, 5.41) is 10.2. The smallest absolute Gasteiger partial charge is 0.338 e. The Morgan fingerprint density at radius 3 is 1.63 bits per heavy atom. The lowest BCUT2D eigenvalue weighted by atomic mass is 10.2. The Morgan fingerprint density at radius 1 is 0.789 bits per heavy atom. The molecule has 0 saturated carbocycles. The molecule has 0 saturated heterocycles. The first-order valence-electron chi connectivity index (χ1n) is 11.4. The Bertz CT molecular complexity index is 1270. The highest BCUT2D eigenvalue weighted by molar-refractivity contribution is 7.85. The molecule has 0 aromatic heterocycles. The second kappa shape index (κ2) is 14.0. The molecular formula is C26H28N2O9S. The molecule has 0 bridgehead atoms. The van der Waals surface area contributed by atoms with Crippen LogP contribution in [0.5, 0.6) is 0 Å². The number of nitro groups is 1. The number of carbonyl (C=O) groups excluding carboxylic acids is 2. The summed E-state index contributed by atoms with van der Waals surface area (Å²) in [6.45, 7) is 1.91. The number of ether oxygens (including phenoxy) is 2. The van der Waals surface area contributed by atoms with Crippen LogP contribution in [0.3, 0.4) is 0 Å². The van der Waals surface area contributed by atoms with E-state index in [0.717, 1.165) is 24.3 Å². The maximum atomic E-state index is 11.9. The standard InChI is InChI=1S/C20H24NO4.C6H5NO5S/c1-21(2,13-15-24-19(22)17-9-5-3-6-10-17)14-16-25-20(23)18-11-7-4-8-12-18;8-7(9)5-2-1-3-6(4-5)13(10,11)12/h3-12H,13-16H2,1-2H3;1-4H,(H,10,11,12)/q+1;/p-1. The van der Waals surface area contributed by atoms with Gasteiger partial charge in [0.05, 0.1) is 35.0 Å². The Hall–Kier alpha value is -4.13. The molecule has 0 aliphatic heterocycles. The number of rotatable bonds is 10. The van der Waals surface area contributed by atoms with E-state index in [4.69, 9.17) is 9.47 Å². The number of hydrogen-bond donors (Lipinski definition) is 0.